The lowest BCUT2D eigenvalue weighted by atomic mass is 10.2. The third-order valence-electron chi connectivity index (χ3n) is 2.29. The van der Waals surface area contributed by atoms with Gasteiger partial charge in [0.15, 0.2) is 11.9 Å². The number of benzene rings is 1. The van der Waals surface area contributed by atoms with Crippen LogP contribution in [0.1, 0.15) is 6.92 Å². The number of carbonyl (C=O) groups excluding carboxylic acids is 1. The van der Waals surface area contributed by atoms with Gasteiger partial charge < -0.3 is 14.4 Å². The van der Waals surface area contributed by atoms with Crippen molar-refractivity contribution in [2.45, 2.75) is 13.0 Å². The normalized spacial score (nSPS) is 12.2. The highest BCUT2D eigenvalue weighted by atomic mass is 16.5. The highest BCUT2D eigenvalue weighted by Gasteiger charge is 2.11. The average Bonchev–Trinajstić information content (AvgIpc) is 2.36. The number of ether oxygens (including phenoxy) is 2. The predicted octanol–water partition coefficient (Wildman–Crippen LogP) is 2.11. The molecule has 0 radical (unpaired) electrons. The first-order chi connectivity index (χ1) is 8.52. The summed E-state index contributed by atoms with van der Waals surface area (Å²) in [6.07, 6.45) is 2.69. The minimum atomic E-state index is -0.520. The van der Waals surface area contributed by atoms with E-state index in [4.69, 9.17) is 9.47 Å². The van der Waals surface area contributed by atoms with Crippen LogP contribution in [0.4, 0.5) is 0 Å². The number of hydrogen-bond acceptors (Lipinski definition) is 4. The van der Waals surface area contributed by atoms with Crippen LogP contribution in [0, 0.1) is 0 Å². The van der Waals surface area contributed by atoms with Crippen LogP contribution in [0.25, 0.3) is 0 Å². The molecule has 0 aromatic heterocycles. The van der Waals surface area contributed by atoms with Crippen molar-refractivity contribution < 1.29 is 14.3 Å². The number of nitrogens with zero attached hydrogens (tertiary/aromatic N) is 1. The van der Waals surface area contributed by atoms with Gasteiger partial charge in [0.25, 0.3) is 0 Å². The van der Waals surface area contributed by atoms with E-state index >= 15 is 0 Å². The molecule has 0 saturated carbocycles. The van der Waals surface area contributed by atoms with E-state index in [0.29, 0.717) is 11.5 Å². The summed E-state index contributed by atoms with van der Waals surface area (Å²) in [5, 5.41) is 0. The summed E-state index contributed by atoms with van der Waals surface area (Å²) < 4.78 is 10.6. The molecule has 98 valence electrons. The molecule has 0 aliphatic heterocycles. The molecule has 4 nitrogen and oxygen atoms in total. The maximum absolute atomic E-state index is 11.7. The standard InChI is InChI=1S/C14H19NO3/c1-11(14(16)8-9-15(2)3)18-13-7-5-6-12(10-13)17-4/h5-11H,1-4H3. The third kappa shape index (κ3) is 4.49. The Hall–Kier alpha value is -1.97. The molecule has 0 N–H and O–H groups in total. The van der Waals surface area contributed by atoms with Gasteiger partial charge in [-0.05, 0) is 19.1 Å². The van der Waals surface area contributed by atoms with E-state index in [0.717, 1.165) is 0 Å². The molecule has 0 aliphatic rings. The van der Waals surface area contributed by atoms with Gasteiger partial charge in [-0.1, -0.05) is 6.07 Å². The second-order valence-electron chi connectivity index (χ2n) is 4.12. The van der Waals surface area contributed by atoms with Crippen molar-refractivity contribution in [3.63, 3.8) is 0 Å². The van der Waals surface area contributed by atoms with Gasteiger partial charge in [0.05, 0.1) is 7.11 Å². The van der Waals surface area contributed by atoms with Crippen LogP contribution < -0.4 is 9.47 Å². The monoisotopic (exact) mass is 249 g/mol. The van der Waals surface area contributed by atoms with E-state index in [2.05, 4.69) is 0 Å². The van der Waals surface area contributed by atoms with Crippen molar-refractivity contribution in [1.82, 2.24) is 4.90 Å². The largest absolute Gasteiger partial charge is 0.497 e. The van der Waals surface area contributed by atoms with Crippen LogP contribution in [0.15, 0.2) is 36.5 Å². The first kappa shape index (κ1) is 14.1. The van der Waals surface area contributed by atoms with E-state index in [1.54, 1.807) is 37.3 Å². The zero-order valence-corrected chi connectivity index (χ0v) is 11.2. The van der Waals surface area contributed by atoms with Crippen molar-refractivity contribution in [2.75, 3.05) is 21.2 Å². The molecule has 0 fully saturated rings. The average molecular weight is 249 g/mol. The number of methoxy groups -OCH3 is 1. The minimum absolute atomic E-state index is 0.0773. The Morgan fingerprint density at radius 1 is 1.33 bits per heavy atom. The molecule has 0 bridgehead atoms. The van der Waals surface area contributed by atoms with Crippen molar-refractivity contribution in [3.8, 4) is 11.5 Å². The topological polar surface area (TPSA) is 38.8 Å². The Morgan fingerprint density at radius 2 is 2.00 bits per heavy atom. The summed E-state index contributed by atoms with van der Waals surface area (Å²) in [7, 11) is 5.31. The van der Waals surface area contributed by atoms with Gasteiger partial charge in [-0.25, -0.2) is 0 Å². The summed E-state index contributed by atoms with van der Waals surface area (Å²) in [5.74, 6) is 1.25. The summed E-state index contributed by atoms with van der Waals surface area (Å²) >= 11 is 0. The molecule has 1 atom stereocenters. The van der Waals surface area contributed by atoms with Crippen LogP contribution in [0.5, 0.6) is 11.5 Å². The smallest absolute Gasteiger partial charge is 0.197 e. The molecule has 1 rings (SSSR count). The zero-order chi connectivity index (χ0) is 13.5. The van der Waals surface area contributed by atoms with Crippen molar-refractivity contribution in [1.29, 1.82) is 0 Å². The van der Waals surface area contributed by atoms with Gasteiger partial charge >= 0.3 is 0 Å². The number of hydrogen-bond donors (Lipinski definition) is 0. The highest BCUT2D eigenvalue weighted by molar-refractivity contribution is 5.93. The molecular formula is C14H19NO3. The molecule has 4 heteroatoms. The van der Waals surface area contributed by atoms with Crippen LogP contribution in [0.2, 0.25) is 0 Å². The first-order valence-corrected chi connectivity index (χ1v) is 5.72. The van der Waals surface area contributed by atoms with E-state index < -0.39 is 6.10 Å². The van der Waals surface area contributed by atoms with Gasteiger partial charge in [0.1, 0.15) is 11.5 Å². The number of ketones is 1. The molecule has 0 saturated heterocycles. The summed E-state index contributed by atoms with van der Waals surface area (Å²) in [6.45, 7) is 1.72. The van der Waals surface area contributed by atoms with E-state index in [9.17, 15) is 4.79 Å². The van der Waals surface area contributed by atoms with Crippen LogP contribution in [-0.4, -0.2) is 38.0 Å². The molecular weight excluding hydrogens is 230 g/mol. The highest BCUT2D eigenvalue weighted by Crippen LogP contribution is 2.20. The number of carbonyl (C=O) groups is 1. The molecule has 1 aromatic carbocycles. The Kier molecular flexibility index (Phi) is 5.24. The number of rotatable bonds is 6. The van der Waals surface area contributed by atoms with Gasteiger partial charge in [0.2, 0.25) is 0 Å². The molecule has 1 unspecified atom stereocenters. The first-order valence-electron chi connectivity index (χ1n) is 5.72. The van der Waals surface area contributed by atoms with Gasteiger partial charge in [-0.2, -0.15) is 0 Å². The van der Waals surface area contributed by atoms with Crippen molar-refractivity contribution in [2.24, 2.45) is 0 Å². The lowest BCUT2D eigenvalue weighted by Gasteiger charge is -2.13. The summed E-state index contributed by atoms with van der Waals surface area (Å²) in [6, 6.07) is 7.19. The van der Waals surface area contributed by atoms with E-state index in [1.807, 2.05) is 26.2 Å². The Morgan fingerprint density at radius 3 is 2.61 bits per heavy atom. The van der Waals surface area contributed by atoms with Crippen LogP contribution >= 0.6 is 0 Å². The SMILES string of the molecule is COc1cccc(OC(C)C(=O)C=CN(C)C)c1. The lowest BCUT2D eigenvalue weighted by Crippen LogP contribution is -2.22. The maximum atomic E-state index is 11.7. The predicted molar refractivity (Wildman–Crippen MR) is 70.9 cm³/mol. The quantitative estimate of drug-likeness (QED) is 0.724. The fraction of sp³-hybridized carbons (Fsp3) is 0.357. The van der Waals surface area contributed by atoms with Crippen molar-refractivity contribution in [3.05, 3.63) is 36.5 Å². The minimum Gasteiger partial charge on any atom is -0.497 e. The third-order valence-corrected chi connectivity index (χ3v) is 2.29. The summed E-state index contributed by atoms with van der Waals surface area (Å²) in [4.78, 5) is 13.5. The Balaban J connectivity index is 2.63. The Bertz CT molecular complexity index is 427. The molecule has 0 amide bonds. The van der Waals surface area contributed by atoms with Gasteiger partial charge in [-0.3, -0.25) is 4.79 Å². The molecule has 0 spiro atoms. The summed E-state index contributed by atoms with van der Waals surface area (Å²) in [5.41, 5.74) is 0. The van der Waals surface area contributed by atoms with Crippen LogP contribution in [-0.2, 0) is 4.79 Å². The fourth-order valence-electron chi connectivity index (χ4n) is 1.29. The fourth-order valence-corrected chi connectivity index (χ4v) is 1.29. The second kappa shape index (κ2) is 6.69. The lowest BCUT2D eigenvalue weighted by molar-refractivity contribution is -0.120. The maximum Gasteiger partial charge on any atom is 0.197 e. The van der Waals surface area contributed by atoms with E-state index in [-0.39, 0.29) is 5.78 Å². The second-order valence-corrected chi connectivity index (χ2v) is 4.12. The molecule has 0 aliphatic carbocycles. The zero-order valence-electron chi connectivity index (χ0n) is 11.2. The molecule has 1 aromatic rings. The van der Waals surface area contributed by atoms with E-state index in [1.165, 1.54) is 6.08 Å². The Labute approximate surface area is 108 Å². The van der Waals surface area contributed by atoms with Crippen molar-refractivity contribution >= 4 is 5.78 Å². The van der Waals surface area contributed by atoms with Gasteiger partial charge in [0, 0.05) is 32.4 Å². The van der Waals surface area contributed by atoms with Gasteiger partial charge in [-0.15, -0.1) is 0 Å². The molecule has 18 heavy (non-hydrogen) atoms. The molecule has 0 heterocycles. The van der Waals surface area contributed by atoms with Crippen LogP contribution in [0.3, 0.4) is 0 Å².